The van der Waals surface area contributed by atoms with Crippen molar-refractivity contribution in [1.82, 2.24) is 4.90 Å². The van der Waals surface area contributed by atoms with Gasteiger partial charge in [0, 0.05) is 25.3 Å². The zero-order chi connectivity index (χ0) is 14.1. The first kappa shape index (κ1) is 13.4. The average Bonchev–Trinajstić information content (AvgIpc) is 2.81. The van der Waals surface area contributed by atoms with Crippen LogP contribution in [0.5, 0.6) is 0 Å². The standard InChI is InChI=1S/C16H22N2O2/c1-12-9-18(10-13(2)20-12)16(19)11-17-8-7-14-5-3-4-6-15(14)17/h3-6,12-13H,7-11H2,1-2H3. The third kappa shape index (κ3) is 2.66. The van der Waals surface area contributed by atoms with Gasteiger partial charge < -0.3 is 14.5 Å². The molecule has 4 nitrogen and oxygen atoms in total. The van der Waals surface area contributed by atoms with Crippen LogP contribution >= 0.6 is 0 Å². The number of hydrogen-bond donors (Lipinski definition) is 0. The first-order chi connectivity index (χ1) is 9.63. The molecule has 4 heteroatoms. The van der Waals surface area contributed by atoms with Crippen LogP contribution in [0.1, 0.15) is 19.4 Å². The second kappa shape index (κ2) is 5.44. The number of rotatable bonds is 2. The molecule has 2 aliphatic rings. The fourth-order valence-electron chi connectivity index (χ4n) is 3.22. The number of amides is 1. The molecule has 3 rings (SSSR count). The van der Waals surface area contributed by atoms with Gasteiger partial charge in [-0.3, -0.25) is 4.79 Å². The lowest BCUT2D eigenvalue weighted by Crippen LogP contribution is -2.51. The Balaban J connectivity index is 1.65. The van der Waals surface area contributed by atoms with Crippen LogP contribution in [-0.2, 0) is 16.0 Å². The maximum atomic E-state index is 12.5. The SMILES string of the molecule is CC1CN(C(=O)CN2CCc3ccccc32)CC(C)O1. The monoisotopic (exact) mass is 274 g/mol. The van der Waals surface area contributed by atoms with Gasteiger partial charge in [0.05, 0.1) is 18.8 Å². The van der Waals surface area contributed by atoms with Gasteiger partial charge in [0.25, 0.3) is 0 Å². The number of carbonyl (C=O) groups excluding carboxylic acids is 1. The molecule has 0 bridgehead atoms. The minimum Gasteiger partial charge on any atom is -0.372 e. The van der Waals surface area contributed by atoms with Crippen molar-refractivity contribution in [2.24, 2.45) is 0 Å². The molecule has 1 saturated heterocycles. The zero-order valence-corrected chi connectivity index (χ0v) is 12.2. The lowest BCUT2D eigenvalue weighted by atomic mass is 10.2. The van der Waals surface area contributed by atoms with Crippen LogP contribution in [0.25, 0.3) is 0 Å². The molecule has 2 aliphatic heterocycles. The predicted octanol–water partition coefficient (Wildman–Crippen LogP) is 1.68. The molecule has 0 aliphatic carbocycles. The molecule has 0 radical (unpaired) electrons. The Hall–Kier alpha value is -1.55. The van der Waals surface area contributed by atoms with Gasteiger partial charge in [-0.1, -0.05) is 18.2 Å². The number of hydrogen-bond acceptors (Lipinski definition) is 3. The van der Waals surface area contributed by atoms with Gasteiger partial charge >= 0.3 is 0 Å². The van der Waals surface area contributed by atoms with E-state index < -0.39 is 0 Å². The van der Waals surface area contributed by atoms with E-state index >= 15 is 0 Å². The van der Waals surface area contributed by atoms with E-state index in [1.807, 2.05) is 24.8 Å². The molecule has 2 heterocycles. The Kier molecular flexibility index (Phi) is 3.66. The van der Waals surface area contributed by atoms with Gasteiger partial charge in [0.15, 0.2) is 0 Å². The number of anilines is 1. The fourth-order valence-corrected chi connectivity index (χ4v) is 3.22. The summed E-state index contributed by atoms with van der Waals surface area (Å²) in [6.07, 6.45) is 1.31. The van der Waals surface area contributed by atoms with Crippen LogP contribution in [0.4, 0.5) is 5.69 Å². The molecule has 0 saturated carbocycles. The van der Waals surface area contributed by atoms with E-state index in [2.05, 4.69) is 23.1 Å². The number of ether oxygens (including phenoxy) is 1. The van der Waals surface area contributed by atoms with Gasteiger partial charge in [-0.05, 0) is 31.9 Å². The second-order valence-corrected chi connectivity index (χ2v) is 5.86. The Morgan fingerprint density at radius 2 is 1.95 bits per heavy atom. The van der Waals surface area contributed by atoms with Crippen molar-refractivity contribution < 1.29 is 9.53 Å². The van der Waals surface area contributed by atoms with Crippen LogP contribution in [-0.4, -0.2) is 49.2 Å². The summed E-state index contributed by atoms with van der Waals surface area (Å²) < 4.78 is 5.69. The van der Waals surface area contributed by atoms with E-state index in [4.69, 9.17) is 4.74 Å². The molecular weight excluding hydrogens is 252 g/mol. The quantitative estimate of drug-likeness (QED) is 0.822. The Morgan fingerprint density at radius 3 is 2.70 bits per heavy atom. The summed E-state index contributed by atoms with van der Waals surface area (Å²) in [7, 11) is 0. The van der Waals surface area contributed by atoms with E-state index in [0.717, 1.165) is 13.0 Å². The molecule has 108 valence electrons. The first-order valence-corrected chi connectivity index (χ1v) is 7.39. The van der Waals surface area contributed by atoms with Crippen molar-refractivity contribution in [2.45, 2.75) is 32.5 Å². The third-order valence-corrected chi connectivity index (χ3v) is 4.08. The van der Waals surface area contributed by atoms with E-state index in [9.17, 15) is 4.79 Å². The van der Waals surface area contributed by atoms with Crippen LogP contribution in [0.2, 0.25) is 0 Å². The van der Waals surface area contributed by atoms with Crippen molar-refractivity contribution in [3.05, 3.63) is 29.8 Å². The maximum Gasteiger partial charge on any atom is 0.242 e. The normalized spacial score (nSPS) is 25.7. The minimum atomic E-state index is 0.133. The highest BCUT2D eigenvalue weighted by molar-refractivity contribution is 5.82. The smallest absolute Gasteiger partial charge is 0.242 e. The highest BCUT2D eigenvalue weighted by atomic mass is 16.5. The Labute approximate surface area is 120 Å². The number of morpholine rings is 1. The van der Waals surface area contributed by atoms with Gasteiger partial charge in [-0.25, -0.2) is 0 Å². The van der Waals surface area contributed by atoms with Crippen molar-refractivity contribution in [1.29, 1.82) is 0 Å². The van der Waals surface area contributed by atoms with Gasteiger partial charge in [0.2, 0.25) is 5.91 Å². The summed E-state index contributed by atoms with van der Waals surface area (Å²) in [5.74, 6) is 0.212. The molecule has 2 atom stereocenters. The molecular formula is C16H22N2O2. The number of fused-ring (bicyclic) bond motifs is 1. The summed E-state index contributed by atoms with van der Waals surface area (Å²) >= 11 is 0. The highest BCUT2D eigenvalue weighted by Crippen LogP contribution is 2.27. The van der Waals surface area contributed by atoms with Crippen molar-refractivity contribution in [3.8, 4) is 0 Å². The Bertz CT molecular complexity index is 493. The fraction of sp³-hybridized carbons (Fsp3) is 0.562. The largest absolute Gasteiger partial charge is 0.372 e. The molecule has 1 aromatic rings. The molecule has 1 amide bonds. The molecule has 0 N–H and O–H groups in total. The van der Waals surface area contributed by atoms with Crippen LogP contribution in [0.15, 0.2) is 24.3 Å². The molecule has 0 spiro atoms. The first-order valence-electron chi connectivity index (χ1n) is 7.39. The lowest BCUT2D eigenvalue weighted by molar-refractivity contribution is -0.141. The van der Waals surface area contributed by atoms with E-state index in [-0.39, 0.29) is 18.1 Å². The van der Waals surface area contributed by atoms with Crippen LogP contribution < -0.4 is 4.90 Å². The maximum absolute atomic E-state index is 12.5. The van der Waals surface area contributed by atoms with E-state index in [1.54, 1.807) is 0 Å². The number of benzene rings is 1. The van der Waals surface area contributed by atoms with Gasteiger partial charge in [-0.2, -0.15) is 0 Å². The van der Waals surface area contributed by atoms with Crippen molar-refractivity contribution in [3.63, 3.8) is 0 Å². The molecule has 2 unspecified atom stereocenters. The molecule has 1 fully saturated rings. The average molecular weight is 274 g/mol. The summed E-state index contributed by atoms with van der Waals surface area (Å²) in [5, 5.41) is 0. The molecule has 20 heavy (non-hydrogen) atoms. The van der Waals surface area contributed by atoms with E-state index in [0.29, 0.717) is 19.6 Å². The molecule has 1 aromatic carbocycles. The summed E-state index contributed by atoms with van der Waals surface area (Å²) in [5.41, 5.74) is 2.57. The summed E-state index contributed by atoms with van der Waals surface area (Å²) in [6.45, 7) is 6.90. The van der Waals surface area contributed by atoms with Crippen LogP contribution in [0.3, 0.4) is 0 Å². The lowest BCUT2D eigenvalue weighted by Gasteiger charge is -2.36. The second-order valence-electron chi connectivity index (χ2n) is 5.86. The van der Waals surface area contributed by atoms with Crippen molar-refractivity contribution in [2.75, 3.05) is 31.1 Å². The zero-order valence-electron chi connectivity index (χ0n) is 12.2. The predicted molar refractivity (Wildman–Crippen MR) is 78.9 cm³/mol. The summed E-state index contributed by atoms with van der Waals surface area (Å²) in [6, 6.07) is 8.37. The molecule has 0 aromatic heterocycles. The number of para-hydroxylation sites is 1. The van der Waals surface area contributed by atoms with Gasteiger partial charge in [0.1, 0.15) is 0 Å². The third-order valence-electron chi connectivity index (χ3n) is 4.08. The number of carbonyl (C=O) groups is 1. The van der Waals surface area contributed by atoms with Gasteiger partial charge in [-0.15, -0.1) is 0 Å². The summed E-state index contributed by atoms with van der Waals surface area (Å²) in [4.78, 5) is 16.6. The Morgan fingerprint density at radius 1 is 1.25 bits per heavy atom. The highest BCUT2D eigenvalue weighted by Gasteiger charge is 2.28. The van der Waals surface area contributed by atoms with E-state index in [1.165, 1.54) is 11.3 Å². The van der Waals surface area contributed by atoms with Crippen molar-refractivity contribution >= 4 is 11.6 Å². The minimum absolute atomic E-state index is 0.133. The number of nitrogens with zero attached hydrogens (tertiary/aromatic N) is 2. The van der Waals surface area contributed by atoms with Crippen LogP contribution in [0, 0.1) is 0 Å². The topological polar surface area (TPSA) is 32.8 Å².